The van der Waals surface area contributed by atoms with Gasteiger partial charge in [0.2, 0.25) is 10.0 Å². The molecule has 0 saturated carbocycles. The third kappa shape index (κ3) is 3.93. The molecule has 0 atom stereocenters. The lowest BCUT2D eigenvalue weighted by atomic mass is 10.1. The Balaban J connectivity index is 1.77. The van der Waals surface area contributed by atoms with Crippen molar-refractivity contribution in [2.45, 2.75) is 4.90 Å². The summed E-state index contributed by atoms with van der Waals surface area (Å²) in [5.74, 6) is -1.29. The molecular weight excluding hydrogens is 438 g/mol. The molecule has 5 nitrogen and oxygen atoms in total. The summed E-state index contributed by atoms with van der Waals surface area (Å²) in [6.45, 7) is 0.286. The molecule has 1 heterocycles. The SMILES string of the molecule is O=C(c1c(F)cccc1Cl)N1CCN(S(=O)(=O)c2cccc(Cl)c2Cl)CC1. The Bertz CT molecular complexity index is 973. The maximum atomic E-state index is 14.0. The fourth-order valence-corrected chi connectivity index (χ4v) is 5.22. The number of rotatable bonds is 3. The average Bonchev–Trinajstić information content (AvgIpc) is 2.63. The zero-order valence-corrected chi connectivity index (χ0v) is 16.9. The van der Waals surface area contributed by atoms with Crippen molar-refractivity contribution >= 4 is 50.7 Å². The predicted octanol–water partition coefficient (Wildman–Crippen LogP) is 3.93. The maximum absolute atomic E-state index is 14.0. The van der Waals surface area contributed by atoms with Gasteiger partial charge in [-0.15, -0.1) is 0 Å². The lowest BCUT2D eigenvalue weighted by Gasteiger charge is -2.34. The van der Waals surface area contributed by atoms with Crippen LogP contribution in [0, 0.1) is 5.82 Å². The van der Waals surface area contributed by atoms with Gasteiger partial charge in [-0.25, -0.2) is 12.8 Å². The molecule has 10 heteroatoms. The van der Waals surface area contributed by atoms with Gasteiger partial charge in [-0.3, -0.25) is 4.79 Å². The van der Waals surface area contributed by atoms with E-state index < -0.39 is 21.7 Å². The van der Waals surface area contributed by atoms with Gasteiger partial charge in [-0.1, -0.05) is 46.9 Å². The number of nitrogens with zero attached hydrogens (tertiary/aromatic N) is 2. The van der Waals surface area contributed by atoms with E-state index >= 15 is 0 Å². The summed E-state index contributed by atoms with van der Waals surface area (Å²) in [6.07, 6.45) is 0. The molecule has 27 heavy (non-hydrogen) atoms. The highest BCUT2D eigenvalue weighted by atomic mass is 35.5. The molecule has 1 fully saturated rings. The molecule has 2 aromatic rings. The third-order valence-electron chi connectivity index (χ3n) is 4.24. The van der Waals surface area contributed by atoms with Crippen LogP contribution in [0.1, 0.15) is 10.4 Å². The van der Waals surface area contributed by atoms with Crippen LogP contribution in [0.5, 0.6) is 0 Å². The van der Waals surface area contributed by atoms with Crippen molar-refractivity contribution in [3.63, 3.8) is 0 Å². The van der Waals surface area contributed by atoms with E-state index in [0.29, 0.717) is 0 Å². The van der Waals surface area contributed by atoms with Gasteiger partial charge in [-0.05, 0) is 24.3 Å². The highest BCUT2D eigenvalue weighted by Crippen LogP contribution is 2.31. The quantitative estimate of drug-likeness (QED) is 0.710. The van der Waals surface area contributed by atoms with Crippen LogP contribution < -0.4 is 0 Å². The van der Waals surface area contributed by atoms with Gasteiger partial charge in [-0.2, -0.15) is 4.31 Å². The van der Waals surface area contributed by atoms with E-state index in [2.05, 4.69) is 0 Å². The van der Waals surface area contributed by atoms with Crippen LogP contribution in [0.4, 0.5) is 4.39 Å². The second-order valence-electron chi connectivity index (χ2n) is 5.84. The van der Waals surface area contributed by atoms with Gasteiger partial charge in [0.25, 0.3) is 5.91 Å². The number of halogens is 4. The molecule has 0 radical (unpaired) electrons. The number of amides is 1. The molecule has 2 aromatic carbocycles. The molecule has 1 amide bonds. The smallest absolute Gasteiger partial charge is 0.258 e. The molecule has 1 aliphatic heterocycles. The van der Waals surface area contributed by atoms with E-state index in [1.807, 2.05) is 0 Å². The molecule has 0 aliphatic carbocycles. The van der Waals surface area contributed by atoms with Gasteiger partial charge < -0.3 is 4.90 Å². The normalized spacial score (nSPS) is 15.8. The van der Waals surface area contributed by atoms with Crippen molar-refractivity contribution in [1.29, 1.82) is 0 Å². The van der Waals surface area contributed by atoms with Crippen molar-refractivity contribution in [2.24, 2.45) is 0 Å². The van der Waals surface area contributed by atoms with E-state index in [9.17, 15) is 17.6 Å². The van der Waals surface area contributed by atoms with Gasteiger partial charge in [0.1, 0.15) is 10.7 Å². The van der Waals surface area contributed by atoms with Crippen LogP contribution in [0.3, 0.4) is 0 Å². The maximum Gasteiger partial charge on any atom is 0.258 e. The van der Waals surface area contributed by atoms with Crippen LogP contribution in [0.15, 0.2) is 41.3 Å². The van der Waals surface area contributed by atoms with Crippen molar-refractivity contribution in [1.82, 2.24) is 9.21 Å². The largest absolute Gasteiger partial charge is 0.336 e. The predicted molar refractivity (Wildman–Crippen MR) is 103 cm³/mol. The Morgan fingerprint density at radius 3 is 2.15 bits per heavy atom. The molecule has 0 unspecified atom stereocenters. The second kappa shape index (κ2) is 7.93. The number of carbonyl (C=O) groups excluding carboxylic acids is 1. The summed E-state index contributed by atoms with van der Waals surface area (Å²) in [5, 5.41) is 0.109. The lowest BCUT2D eigenvalue weighted by Crippen LogP contribution is -2.50. The van der Waals surface area contributed by atoms with Gasteiger partial charge in [0.05, 0.1) is 20.6 Å². The van der Waals surface area contributed by atoms with Gasteiger partial charge in [0, 0.05) is 26.2 Å². The number of sulfonamides is 1. The first-order chi connectivity index (χ1) is 12.7. The lowest BCUT2D eigenvalue weighted by molar-refractivity contribution is 0.0693. The summed E-state index contributed by atoms with van der Waals surface area (Å²) in [6, 6.07) is 8.37. The van der Waals surface area contributed by atoms with Crippen LogP contribution >= 0.6 is 34.8 Å². The highest BCUT2D eigenvalue weighted by Gasteiger charge is 2.33. The summed E-state index contributed by atoms with van der Waals surface area (Å²) in [7, 11) is -3.87. The minimum atomic E-state index is -3.87. The van der Waals surface area contributed by atoms with Crippen LogP contribution in [0.25, 0.3) is 0 Å². The number of piperazine rings is 1. The van der Waals surface area contributed by atoms with Crippen molar-refractivity contribution in [2.75, 3.05) is 26.2 Å². The molecule has 3 rings (SSSR count). The fraction of sp³-hybridized carbons (Fsp3) is 0.235. The average molecular weight is 452 g/mol. The Labute approximate surface area is 171 Å². The standard InChI is InChI=1S/C17H14Cl3FN2O3S/c18-11-3-1-5-13(21)15(11)17(24)22-7-9-23(10-8-22)27(25,26)14-6-2-4-12(19)16(14)20/h1-6H,7-10H2. The highest BCUT2D eigenvalue weighted by molar-refractivity contribution is 7.89. The van der Waals surface area contributed by atoms with Crippen LogP contribution in [-0.2, 0) is 10.0 Å². The molecule has 1 aliphatic rings. The Kier molecular flexibility index (Phi) is 5.98. The molecule has 0 aromatic heterocycles. The summed E-state index contributed by atoms with van der Waals surface area (Å²) in [4.78, 5) is 13.8. The third-order valence-corrected chi connectivity index (χ3v) is 7.42. The molecular formula is C17H14Cl3FN2O3S. The first kappa shape index (κ1) is 20.4. The molecule has 0 spiro atoms. The van der Waals surface area contributed by atoms with Crippen molar-refractivity contribution in [3.8, 4) is 0 Å². The van der Waals surface area contributed by atoms with E-state index in [0.717, 1.165) is 6.07 Å². The Morgan fingerprint density at radius 1 is 0.926 bits per heavy atom. The van der Waals surface area contributed by atoms with E-state index in [4.69, 9.17) is 34.8 Å². The summed E-state index contributed by atoms with van der Waals surface area (Å²) >= 11 is 17.9. The number of hydrogen-bond acceptors (Lipinski definition) is 3. The second-order valence-corrected chi connectivity index (χ2v) is 8.94. The van der Waals surface area contributed by atoms with Gasteiger partial charge in [0.15, 0.2) is 0 Å². The zero-order chi connectivity index (χ0) is 19.8. The topological polar surface area (TPSA) is 57.7 Å². The van der Waals surface area contributed by atoms with E-state index in [1.54, 1.807) is 0 Å². The molecule has 1 saturated heterocycles. The van der Waals surface area contributed by atoms with Crippen molar-refractivity contribution in [3.05, 3.63) is 62.8 Å². The minimum Gasteiger partial charge on any atom is -0.336 e. The summed E-state index contributed by atoms with van der Waals surface area (Å²) in [5.41, 5.74) is -0.214. The first-order valence-electron chi connectivity index (χ1n) is 7.91. The van der Waals surface area contributed by atoms with E-state index in [1.165, 1.54) is 39.5 Å². The number of carbonyl (C=O) groups is 1. The first-order valence-corrected chi connectivity index (χ1v) is 10.5. The monoisotopic (exact) mass is 450 g/mol. The molecule has 0 bridgehead atoms. The van der Waals surface area contributed by atoms with Crippen molar-refractivity contribution < 1.29 is 17.6 Å². The van der Waals surface area contributed by atoms with E-state index in [-0.39, 0.29) is 51.7 Å². The Hall–Kier alpha value is -1.38. The summed E-state index contributed by atoms with van der Waals surface area (Å²) < 4.78 is 40.8. The minimum absolute atomic E-state index is 0.0146. The number of hydrogen-bond donors (Lipinski definition) is 0. The fourth-order valence-electron chi connectivity index (χ4n) is 2.81. The number of benzene rings is 2. The Morgan fingerprint density at radius 2 is 1.52 bits per heavy atom. The molecule has 144 valence electrons. The van der Waals surface area contributed by atoms with Crippen LogP contribution in [0.2, 0.25) is 15.1 Å². The van der Waals surface area contributed by atoms with Crippen LogP contribution in [-0.4, -0.2) is 49.7 Å². The molecule has 0 N–H and O–H groups in total. The zero-order valence-electron chi connectivity index (χ0n) is 13.8. The van der Waals surface area contributed by atoms with Gasteiger partial charge >= 0.3 is 0 Å².